The van der Waals surface area contributed by atoms with Gasteiger partial charge in [0.2, 0.25) is 5.91 Å². The van der Waals surface area contributed by atoms with Crippen LogP contribution in [0.15, 0.2) is 0 Å². The minimum Gasteiger partial charge on any atom is -0.379 e. The lowest BCUT2D eigenvalue weighted by molar-refractivity contribution is -0.125. The maximum Gasteiger partial charge on any atom is 0.227 e. The Labute approximate surface area is 96.3 Å². The van der Waals surface area contributed by atoms with Gasteiger partial charge in [0.05, 0.1) is 19.1 Å². The molecule has 5 nitrogen and oxygen atoms in total. The van der Waals surface area contributed by atoms with Crippen LogP contribution in [0.2, 0.25) is 0 Å². The number of carbonyl (C=O) groups excluding carboxylic acids is 1. The van der Waals surface area contributed by atoms with E-state index in [2.05, 4.69) is 10.2 Å². The van der Waals surface area contributed by atoms with Crippen LogP contribution < -0.4 is 11.1 Å². The maximum absolute atomic E-state index is 11.7. The van der Waals surface area contributed by atoms with Gasteiger partial charge >= 0.3 is 0 Å². The van der Waals surface area contributed by atoms with Crippen LogP contribution in [0, 0.1) is 5.92 Å². The largest absolute Gasteiger partial charge is 0.379 e. The van der Waals surface area contributed by atoms with Crippen LogP contribution >= 0.6 is 0 Å². The number of nitrogens with zero attached hydrogens (tertiary/aromatic N) is 1. The van der Waals surface area contributed by atoms with Crippen molar-refractivity contribution < 1.29 is 9.53 Å². The molecule has 1 amide bonds. The summed E-state index contributed by atoms with van der Waals surface area (Å²) in [5, 5.41) is 2.94. The molecule has 2 rings (SSSR count). The lowest BCUT2D eigenvalue weighted by atomic mass is 10.0. The van der Waals surface area contributed by atoms with E-state index in [0.717, 1.165) is 13.1 Å². The van der Waals surface area contributed by atoms with E-state index in [1.165, 1.54) is 25.9 Å². The van der Waals surface area contributed by atoms with Gasteiger partial charge < -0.3 is 20.7 Å². The lowest BCUT2D eigenvalue weighted by Gasteiger charge is -2.17. The molecule has 0 aromatic carbocycles. The minimum atomic E-state index is -0.154. The Kier molecular flexibility index (Phi) is 4.15. The number of carbonyl (C=O) groups is 1. The van der Waals surface area contributed by atoms with E-state index in [0.29, 0.717) is 13.2 Å². The molecule has 2 aliphatic rings. The van der Waals surface area contributed by atoms with Gasteiger partial charge in [-0.3, -0.25) is 4.79 Å². The van der Waals surface area contributed by atoms with E-state index in [-0.39, 0.29) is 17.9 Å². The summed E-state index contributed by atoms with van der Waals surface area (Å²) in [6.07, 6.45) is 2.57. The summed E-state index contributed by atoms with van der Waals surface area (Å²) in [4.78, 5) is 14.1. The van der Waals surface area contributed by atoms with E-state index in [4.69, 9.17) is 10.5 Å². The van der Waals surface area contributed by atoms with Crippen molar-refractivity contribution in [3.8, 4) is 0 Å². The first-order chi connectivity index (χ1) is 7.77. The fourth-order valence-electron chi connectivity index (χ4n) is 2.32. The predicted octanol–water partition coefficient (Wildman–Crippen LogP) is -0.828. The lowest BCUT2D eigenvalue weighted by Crippen LogP contribution is -2.43. The fraction of sp³-hybridized carbons (Fsp3) is 0.909. The highest BCUT2D eigenvalue weighted by molar-refractivity contribution is 5.79. The number of amides is 1. The summed E-state index contributed by atoms with van der Waals surface area (Å²) >= 11 is 0. The van der Waals surface area contributed by atoms with Crippen LogP contribution in [0.1, 0.15) is 12.8 Å². The topological polar surface area (TPSA) is 67.6 Å². The summed E-state index contributed by atoms with van der Waals surface area (Å²) in [5.74, 6) is -0.109. The molecule has 2 unspecified atom stereocenters. The molecule has 0 spiro atoms. The third-order valence-electron chi connectivity index (χ3n) is 3.39. The summed E-state index contributed by atoms with van der Waals surface area (Å²) in [7, 11) is 0. The second-order valence-electron chi connectivity index (χ2n) is 4.65. The van der Waals surface area contributed by atoms with Gasteiger partial charge in [0.15, 0.2) is 0 Å². The van der Waals surface area contributed by atoms with Crippen molar-refractivity contribution in [3.05, 3.63) is 0 Å². The Hall–Kier alpha value is -0.650. The number of nitrogens with one attached hydrogen (secondary N) is 1. The van der Waals surface area contributed by atoms with Crippen molar-refractivity contribution >= 4 is 5.91 Å². The molecule has 2 fully saturated rings. The summed E-state index contributed by atoms with van der Waals surface area (Å²) < 4.78 is 5.17. The van der Waals surface area contributed by atoms with Crippen LogP contribution in [-0.4, -0.2) is 56.2 Å². The normalized spacial score (nSPS) is 30.8. The van der Waals surface area contributed by atoms with Crippen molar-refractivity contribution in [1.82, 2.24) is 10.2 Å². The smallest absolute Gasteiger partial charge is 0.227 e. The third-order valence-corrected chi connectivity index (χ3v) is 3.39. The molecule has 0 radical (unpaired) electrons. The molecule has 2 aliphatic heterocycles. The molecule has 0 aromatic rings. The average Bonchev–Trinajstić information content (AvgIpc) is 2.88. The van der Waals surface area contributed by atoms with Crippen molar-refractivity contribution in [1.29, 1.82) is 0 Å². The number of rotatable bonds is 4. The van der Waals surface area contributed by atoms with Crippen LogP contribution in [0.4, 0.5) is 0 Å². The number of hydrogen-bond donors (Lipinski definition) is 2. The van der Waals surface area contributed by atoms with E-state index < -0.39 is 0 Å². The molecule has 0 aliphatic carbocycles. The second-order valence-corrected chi connectivity index (χ2v) is 4.65. The van der Waals surface area contributed by atoms with Gasteiger partial charge in [-0.15, -0.1) is 0 Å². The molecule has 2 saturated heterocycles. The number of ether oxygens (including phenoxy) is 1. The predicted molar refractivity (Wildman–Crippen MR) is 61.0 cm³/mol. The Balaban J connectivity index is 1.63. The van der Waals surface area contributed by atoms with Gasteiger partial charge in [0, 0.05) is 19.1 Å². The SMILES string of the molecule is NC1COCC1C(=O)NCCN1CCCC1. The molecule has 2 heterocycles. The zero-order valence-electron chi connectivity index (χ0n) is 9.65. The molecule has 3 N–H and O–H groups in total. The molecule has 5 heteroatoms. The quantitative estimate of drug-likeness (QED) is 0.658. The second kappa shape index (κ2) is 5.61. The average molecular weight is 227 g/mol. The summed E-state index contributed by atoms with van der Waals surface area (Å²) in [5.41, 5.74) is 5.78. The van der Waals surface area contributed by atoms with E-state index in [1.807, 2.05) is 0 Å². The minimum absolute atomic E-state index is 0.0456. The number of hydrogen-bond acceptors (Lipinski definition) is 4. The highest BCUT2D eigenvalue weighted by Gasteiger charge is 2.31. The summed E-state index contributed by atoms with van der Waals surface area (Å²) in [6, 6.07) is -0.133. The highest BCUT2D eigenvalue weighted by atomic mass is 16.5. The van der Waals surface area contributed by atoms with Gasteiger partial charge in [0.25, 0.3) is 0 Å². The standard InChI is InChI=1S/C11H21N3O2/c12-10-8-16-7-9(10)11(15)13-3-6-14-4-1-2-5-14/h9-10H,1-8,12H2,(H,13,15). The molecule has 16 heavy (non-hydrogen) atoms. The number of nitrogens with two attached hydrogens (primary N) is 1. The zero-order valence-corrected chi connectivity index (χ0v) is 9.65. The van der Waals surface area contributed by atoms with E-state index in [1.54, 1.807) is 0 Å². The monoisotopic (exact) mass is 227 g/mol. The third kappa shape index (κ3) is 2.93. The van der Waals surface area contributed by atoms with Crippen molar-refractivity contribution in [3.63, 3.8) is 0 Å². The van der Waals surface area contributed by atoms with E-state index >= 15 is 0 Å². The molecular formula is C11H21N3O2. The Morgan fingerprint density at radius 3 is 2.75 bits per heavy atom. The van der Waals surface area contributed by atoms with Gasteiger partial charge in [-0.2, -0.15) is 0 Å². The molecule has 0 bridgehead atoms. The molecule has 0 aromatic heterocycles. The molecule has 2 atom stereocenters. The van der Waals surface area contributed by atoms with Crippen molar-refractivity contribution in [2.24, 2.45) is 11.7 Å². The Bertz CT molecular complexity index is 241. The first kappa shape index (κ1) is 11.8. The maximum atomic E-state index is 11.7. The Morgan fingerprint density at radius 1 is 1.38 bits per heavy atom. The first-order valence-corrected chi connectivity index (χ1v) is 6.11. The summed E-state index contributed by atoms with van der Waals surface area (Å²) in [6.45, 7) is 4.99. The first-order valence-electron chi connectivity index (χ1n) is 6.11. The van der Waals surface area contributed by atoms with Crippen LogP contribution in [-0.2, 0) is 9.53 Å². The van der Waals surface area contributed by atoms with Gasteiger partial charge in [-0.25, -0.2) is 0 Å². The van der Waals surface area contributed by atoms with Crippen LogP contribution in [0.3, 0.4) is 0 Å². The van der Waals surface area contributed by atoms with Crippen molar-refractivity contribution in [2.45, 2.75) is 18.9 Å². The van der Waals surface area contributed by atoms with Gasteiger partial charge in [0.1, 0.15) is 0 Å². The van der Waals surface area contributed by atoms with E-state index in [9.17, 15) is 4.79 Å². The van der Waals surface area contributed by atoms with Gasteiger partial charge in [-0.05, 0) is 25.9 Å². The van der Waals surface area contributed by atoms with Crippen LogP contribution in [0.25, 0.3) is 0 Å². The molecule has 0 saturated carbocycles. The molecule has 92 valence electrons. The molecular weight excluding hydrogens is 206 g/mol. The highest BCUT2D eigenvalue weighted by Crippen LogP contribution is 2.11. The van der Waals surface area contributed by atoms with Crippen LogP contribution in [0.5, 0.6) is 0 Å². The number of likely N-dealkylation sites (tertiary alicyclic amines) is 1. The zero-order chi connectivity index (χ0) is 11.4. The van der Waals surface area contributed by atoms with Crippen molar-refractivity contribution in [2.75, 3.05) is 39.4 Å². The Morgan fingerprint density at radius 2 is 2.12 bits per heavy atom. The van der Waals surface area contributed by atoms with Gasteiger partial charge in [-0.1, -0.05) is 0 Å². The fourth-order valence-corrected chi connectivity index (χ4v) is 2.32.